The highest BCUT2D eigenvalue weighted by molar-refractivity contribution is 7.08. The lowest BCUT2D eigenvalue weighted by molar-refractivity contribution is 1.09. The van der Waals surface area contributed by atoms with E-state index in [9.17, 15) is 0 Å². The molecule has 134 valence electrons. The average molecular weight is 384 g/mol. The summed E-state index contributed by atoms with van der Waals surface area (Å²) in [7, 11) is 0. The van der Waals surface area contributed by atoms with Crippen LogP contribution in [0, 0.1) is 0 Å². The summed E-state index contributed by atoms with van der Waals surface area (Å²) in [6, 6.07) is 4.06. The summed E-state index contributed by atoms with van der Waals surface area (Å²) in [4.78, 5) is 17.0. The number of aromatic nitrogens is 8. The number of thiophene rings is 1. The molecule has 6 heterocycles. The van der Waals surface area contributed by atoms with Crippen LogP contribution in [-0.2, 0) is 0 Å². The van der Waals surface area contributed by atoms with E-state index in [0.717, 1.165) is 50.0 Å². The molecule has 0 unspecified atom stereocenters. The smallest absolute Gasteiger partial charge is 0.159 e. The fourth-order valence-corrected chi connectivity index (χ4v) is 3.98. The Kier molecular flexibility index (Phi) is 3.17. The van der Waals surface area contributed by atoms with Crippen molar-refractivity contribution >= 4 is 33.3 Å². The van der Waals surface area contributed by atoms with E-state index in [1.54, 1.807) is 29.9 Å². The summed E-state index contributed by atoms with van der Waals surface area (Å²) in [6.45, 7) is 0. The van der Waals surface area contributed by atoms with Crippen molar-refractivity contribution in [1.82, 2.24) is 40.3 Å². The van der Waals surface area contributed by atoms with Crippen LogP contribution in [0.5, 0.6) is 0 Å². The van der Waals surface area contributed by atoms with Crippen molar-refractivity contribution in [3.63, 3.8) is 0 Å². The largest absolute Gasteiger partial charge is 0.335 e. The van der Waals surface area contributed by atoms with Crippen LogP contribution < -0.4 is 0 Å². The number of hydrogen-bond donors (Lipinski definition) is 3. The number of pyridine rings is 2. The number of fused-ring (bicyclic) bond motifs is 2. The summed E-state index contributed by atoms with van der Waals surface area (Å²) in [6.07, 6.45) is 8.96. The van der Waals surface area contributed by atoms with E-state index in [1.165, 1.54) is 0 Å². The molecule has 0 saturated carbocycles. The maximum absolute atomic E-state index is 4.84. The molecule has 28 heavy (non-hydrogen) atoms. The molecule has 0 atom stereocenters. The van der Waals surface area contributed by atoms with Gasteiger partial charge < -0.3 is 4.98 Å². The lowest BCUT2D eigenvalue weighted by Gasteiger charge is -1.97. The Hall–Kier alpha value is -3.85. The van der Waals surface area contributed by atoms with Crippen LogP contribution in [0.4, 0.5) is 0 Å². The number of rotatable bonds is 3. The van der Waals surface area contributed by atoms with E-state index in [1.807, 2.05) is 23.8 Å². The van der Waals surface area contributed by atoms with Crippen LogP contribution in [0.15, 0.2) is 53.9 Å². The second-order valence-corrected chi connectivity index (χ2v) is 7.14. The van der Waals surface area contributed by atoms with Crippen LogP contribution in [0.1, 0.15) is 0 Å². The summed E-state index contributed by atoms with van der Waals surface area (Å²) in [5.41, 5.74) is 7.20. The van der Waals surface area contributed by atoms with Gasteiger partial charge in [-0.25, -0.2) is 4.98 Å². The Bertz CT molecular complexity index is 1410. The number of nitrogens with one attached hydrogen (secondary N) is 3. The van der Waals surface area contributed by atoms with Crippen molar-refractivity contribution < 1.29 is 0 Å². The quantitative estimate of drug-likeness (QED) is 0.427. The second kappa shape index (κ2) is 5.83. The molecule has 8 nitrogen and oxygen atoms in total. The minimum absolute atomic E-state index is 0.690. The van der Waals surface area contributed by atoms with Gasteiger partial charge in [-0.2, -0.15) is 21.5 Å². The highest BCUT2D eigenvalue weighted by atomic mass is 32.1. The fraction of sp³-hybridized carbons (Fsp3) is 0. The molecule has 6 aromatic rings. The van der Waals surface area contributed by atoms with Crippen molar-refractivity contribution in [2.45, 2.75) is 0 Å². The van der Waals surface area contributed by atoms with Gasteiger partial charge in [-0.15, -0.1) is 0 Å². The third-order valence-electron chi connectivity index (χ3n) is 4.69. The third-order valence-corrected chi connectivity index (χ3v) is 5.38. The molecule has 0 aliphatic rings. The standard InChI is InChI=1S/C19H12N8S/c1-2-28-9-10(1)13-6-20-7-16-17(13)25-19(24-16)18-12-3-14(11-4-22-23-5-11)21-8-15(12)26-27-18/h1-9H,(H,22,23)(H,24,25)(H,26,27). The first-order valence-corrected chi connectivity index (χ1v) is 9.51. The van der Waals surface area contributed by atoms with Gasteiger partial charge >= 0.3 is 0 Å². The van der Waals surface area contributed by atoms with Crippen molar-refractivity contribution in [2.24, 2.45) is 0 Å². The monoisotopic (exact) mass is 384 g/mol. The molecule has 6 aromatic heterocycles. The second-order valence-electron chi connectivity index (χ2n) is 6.35. The van der Waals surface area contributed by atoms with Crippen LogP contribution in [0.3, 0.4) is 0 Å². The molecule has 9 heteroatoms. The highest BCUT2D eigenvalue weighted by Gasteiger charge is 2.16. The van der Waals surface area contributed by atoms with Gasteiger partial charge in [0.1, 0.15) is 11.2 Å². The molecule has 0 bridgehead atoms. The van der Waals surface area contributed by atoms with Gasteiger partial charge in [0.25, 0.3) is 0 Å². The highest BCUT2D eigenvalue weighted by Crippen LogP contribution is 2.32. The third kappa shape index (κ3) is 2.26. The van der Waals surface area contributed by atoms with Gasteiger partial charge in [-0.3, -0.25) is 20.2 Å². The summed E-state index contributed by atoms with van der Waals surface area (Å²) in [5.74, 6) is 0.690. The van der Waals surface area contributed by atoms with E-state index < -0.39 is 0 Å². The first kappa shape index (κ1) is 15.2. The summed E-state index contributed by atoms with van der Waals surface area (Å²) >= 11 is 1.65. The lowest BCUT2D eigenvalue weighted by Crippen LogP contribution is -1.84. The number of hydrogen-bond acceptors (Lipinski definition) is 6. The van der Waals surface area contributed by atoms with Gasteiger partial charge in [0.15, 0.2) is 5.82 Å². The zero-order valence-electron chi connectivity index (χ0n) is 14.3. The first-order chi connectivity index (χ1) is 13.9. The van der Waals surface area contributed by atoms with Crippen LogP contribution in [0.2, 0.25) is 0 Å². The Morgan fingerprint density at radius 2 is 2.00 bits per heavy atom. The number of H-pyrrole nitrogens is 3. The lowest BCUT2D eigenvalue weighted by atomic mass is 10.1. The van der Waals surface area contributed by atoms with Gasteiger partial charge in [0.2, 0.25) is 0 Å². The predicted octanol–water partition coefficient (Wildman–Crippen LogP) is 4.01. The van der Waals surface area contributed by atoms with Gasteiger partial charge in [0.05, 0.1) is 35.3 Å². The predicted molar refractivity (Wildman–Crippen MR) is 108 cm³/mol. The minimum Gasteiger partial charge on any atom is -0.335 e. The average Bonchev–Trinajstić information content (AvgIpc) is 3.53. The maximum atomic E-state index is 4.84. The zero-order valence-corrected chi connectivity index (χ0v) is 15.2. The Labute approximate surface area is 161 Å². The van der Waals surface area contributed by atoms with Gasteiger partial charge in [0, 0.05) is 28.9 Å². The molecule has 6 rings (SSSR count). The van der Waals surface area contributed by atoms with Crippen LogP contribution in [0.25, 0.3) is 55.8 Å². The normalized spacial score (nSPS) is 11.6. The maximum Gasteiger partial charge on any atom is 0.159 e. The molecule has 0 amide bonds. The molecule has 0 aliphatic carbocycles. The molecular formula is C19H12N8S. The summed E-state index contributed by atoms with van der Waals surface area (Å²) < 4.78 is 0. The SMILES string of the molecule is c1cc(-c2cncc3[nH]c(-c4n[nH]c5cnc(-c6cn[nH]c6)cc45)nc23)cs1. The summed E-state index contributed by atoms with van der Waals surface area (Å²) in [5, 5.41) is 19.4. The molecule has 0 aromatic carbocycles. The molecule has 0 fully saturated rings. The van der Waals surface area contributed by atoms with Crippen LogP contribution >= 0.6 is 11.3 Å². The Morgan fingerprint density at radius 3 is 2.86 bits per heavy atom. The van der Waals surface area contributed by atoms with Crippen molar-refractivity contribution in [1.29, 1.82) is 0 Å². The molecular weight excluding hydrogens is 372 g/mol. The molecule has 0 aliphatic heterocycles. The number of imidazole rings is 1. The molecule has 0 radical (unpaired) electrons. The Morgan fingerprint density at radius 1 is 1.00 bits per heavy atom. The molecule has 3 N–H and O–H groups in total. The molecule has 0 saturated heterocycles. The first-order valence-electron chi connectivity index (χ1n) is 8.57. The van der Waals surface area contributed by atoms with Crippen molar-refractivity contribution in [3.8, 4) is 33.9 Å². The van der Waals surface area contributed by atoms with Crippen molar-refractivity contribution in [2.75, 3.05) is 0 Å². The zero-order chi connectivity index (χ0) is 18.5. The van der Waals surface area contributed by atoms with Gasteiger partial charge in [-0.05, 0) is 28.5 Å². The van der Waals surface area contributed by atoms with Gasteiger partial charge in [-0.1, -0.05) is 0 Å². The van der Waals surface area contributed by atoms with E-state index in [4.69, 9.17) is 4.98 Å². The Balaban J connectivity index is 1.55. The topological polar surface area (TPSA) is 112 Å². The number of nitrogens with zero attached hydrogens (tertiary/aromatic N) is 5. The van der Waals surface area contributed by atoms with E-state index in [0.29, 0.717) is 5.82 Å². The van der Waals surface area contributed by atoms with E-state index in [2.05, 4.69) is 46.8 Å². The minimum atomic E-state index is 0.690. The van der Waals surface area contributed by atoms with Crippen molar-refractivity contribution in [3.05, 3.63) is 53.9 Å². The van der Waals surface area contributed by atoms with Crippen LogP contribution in [-0.4, -0.2) is 40.3 Å². The number of aromatic amines is 3. The fourth-order valence-electron chi connectivity index (χ4n) is 3.32. The van der Waals surface area contributed by atoms with E-state index >= 15 is 0 Å². The molecule has 0 spiro atoms. The van der Waals surface area contributed by atoms with E-state index in [-0.39, 0.29) is 0 Å².